The zero-order valence-corrected chi connectivity index (χ0v) is 10.3. The van der Waals surface area contributed by atoms with Crippen molar-refractivity contribution in [1.82, 2.24) is 4.90 Å². The monoisotopic (exact) mass is 269 g/mol. The summed E-state index contributed by atoms with van der Waals surface area (Å²) < 4.78 is 0. The first-order chi connectivity index (χ1) is 8.58. The van der Waals surface area contributed by atoms with Gasteiger partial charge in [-0.2, -0.15) is 0 Å². The maximum Gasteiger partial charge on any atom is 0.321 e. The average molecular weight is 270 g/mol. The molecule has 18 heavy (non-hydrogen) atoms. The fourth-order valence-electron chi connectivity index (χ4n) is 1.84. The van der Waals surface area contributed by atoms with Gasteiger partial charge in [-0.25, -0.2) is 4.79 Å². The molecule has 1 fully saturated rings. The number of rotatable bonds is 2. The smallest absolute Gasteiger partial charge is 0.321 e. The van der Waals surface area contributed by atoms with E-state index in [4.69, 9.17) is 11.6 Å². The van der Waals surface area contributed by atoms with Crippen LogP contribution in [0.3, 0.4) is 0 Å². The quantitative estimate of drug-likeness (QED) is 0.662. The summed E-state index contributed by atoms with van der Waals surface area (Å²) in [6.45, 7) is 1.41. The molecule has 2 rings (SSSR count). The van der Waals surface area contributed by atoms with Gasteiger partial charge in [-0.15, -0.1) is 0 Å². The Morgan fingerprint density at radius 2 is 2.06 bits per heavy atom. The Morgan fingerprint density at radius 3 is 2.67 bits per heavy atom. The van der Waals surface area contributed by atoms with E-state index in [1.807, 2.05) is 0 Å². The van der Waals surface area contributed by atoms with E-state index in [9.17, 15) is 14.9 Å². The Kier molecular flexibility index (Phi) is 3.66. The lowest BCUT2D eigenvalue weighted by atomic mass is 10.3. The molecule has 1 aromatic carbocycles. The predicted octanol–water partition coefficient (Wildman–Crippen LogP) is 2.88. The van der Waals surface area contributed by atoms with Crippen molar-refractivity contribution >= 4 is 29.0 Å². The SMILES string of the molecule is O=C(Nc1cc([N+](=O)[O-])ccc1Cl)N1CCCC1. The van der Waals surface area contributed by atoms with Crippen molar-refractivity contribution in [3.63, 3.8) is 0 Å². The Morgan fingerprint density at radius 1 is 1.39 bits per heavy atom. The highest BCUT2D eigenvalue weighted by Crippen LogP contribution is 2.27. The molecule has 96 valence electrons. The molecule has 1 heterocycles. The van der Waals surface area contributed by atoms with E-state index in [1.54, 1.807) is 4.90 Å². The van der Waals surface area contributed by atoms with Gasteiger partial charge in [0.2, 0.25) is 0 Å². The van der Waals surface area contributed by atoms with E-state index >= 15 is 0 Å². The van der Waals surface area contributed by atoms with Crippen LogP contribution in [0.25, 0.3) is 0 Å². The molecule has 0 bridgehead atoms. The van der Waals surface area contributed by atoms with E-state index in [1.165, 1.54) is 18.2 Å². The van der Waals surface area contributed by atoms with E-state index in [-0.39, 0.29) is 22.4 Å². The summed E-state index contributed by atoms with van der Waals surface area (Å²) in [5, 5.41) is 13.5. The molecule has 0 atom stereocenters. The van der Waals surface area contributed by atoms with Gasteiger partial charge in [0.25, 0.3) is 5.69 Å². The van der Waals surface area contributed by atoms with Crippen LogP contribution < -0.4 is 5.32 Å². The Hall–Kier alpha value is -1.82. The second-order valence-electron chi connectivity index (χ2n) is 4.05. The lowest BCUT2D eigenvalue weighted by molar-refractivity contribution is -0.384. The number of nitrogens with zero attached hydrogens (tertiary/aromatic N) is 2. The number of non-ortho nitro benzene ring substituents is 1. The first-order valence-corrected chi connectivity index (χ1v) is 5.95. The van der Waals surface area contributed by atoms with Crippen molar-refractivity contribution in [2.45, 2.75) is 12.8 Å². The maximum absolute atomic E-state index is 11.8. The first kappa shape index (κ1) is 12.6. The van der Waals surface area contributed by atoms with Crippen LogP contribution in [0.5, 0.6) is 0 Å². The number of hydrogen-bond donors (Lipinski definition) is 1. The second kappa shape index (κ2) is 5.22. The van der Waals surface area contributed by atoms with Crippen LogP contribution in [0.1, 0.15) is 12.8 Å². The summed E-state index contributed by atoms with van der Waals surface area (Å²) in [5.41, 5.74) is 0.166. The number of urea groups is 1. The molecular weight excluding hydrogens is 258 g/mol. The number of likely N-dealkylation sites (tertiary alicyclic amines) is 1. The third-order valence-electron chi connectivity index (χ3n) is 2.80. The fourth-order valence-corrected chi connectivity index (χ4v) is 2.00. The highest BCUT2D eigenvalue weighted by atomic mass is 35.5. The number of hydrogen-bond acceptors (Lipinski definition) is 3. The van der Waals surface area contributed by atoms with Crippen molar-refractivity contribution in [2.24, 2.45) is 0 Å². The predicted molar refractivity (Wildman–Crippen MR) is 67.9 cm³/mol. The van der Waals surface area contributed by atoms with Gasteiger partial charge in [-0.1, -0.05) is 11.6 Å². The second-order valence-corrected chi connectivity index (χ2v) is 4.45. The molecule has 2 amide bonds. The molecular formula is C11H12ClN3O3. The Labute approximate surface area is 109 Å². The van der Waals surface area contributed by atoms with Crippen molar-refractivity contribution in [2.75, 3.05) is 18.4 Å². The summed E-state index contributed by atoms with van der Waals surface area (Å²) in [4.78, 5) is 23.6. The zero-order chi connectivity index (χ0) is 13.1. The molecule has 0 aliphatic carbocycles. The summed E-state index contributed by atoms with van der Waals surface area (Å²) in [5.74, 6) is 0. The number of carbonyl (C=O) groups excluding carboxylic acids is 1. The van der Waals surface area contributed by atoms with Gasteiger partial charge in [-0.05, 0) is 18.9 Å². The first-order valence-electron chi connectivity index (χ1n) is 5.58. The van der Waals surface area contributed by atoms with E-state index < -0.39 is 4.92 Å². The molecule has 1 aliphatic heterocycles. The molecule has 0 saturated carbocycles. The average Bonchev–Trinajstić information content (AvgIpc) is 2.85. The van der Waals surface area contributed by atoms with E-state index in [0.717, 1.165) is 12.8 Å². The Bertz CT molecular complexity index is 486. The van der Waals surface area contributed by atoms with Gasteiger partial charge in [0.1, 0.15) is 0 Å². The molecule has 0 unspecified atom stereocenters. The summed E-state index contributed by atoms with van der Waals surface area (Å²) in [6.07, 6.45) is 1.96. The van der Waals surface area contributed by atoms with Gasteiger partial charge in [0.15, 0.2) is 0 Å². The van der Waals surface area contributed by atoms with Crippen molar-refractivity contribution in [1.29, 1.82) is 0 Å². The van der Waals surface area contributed by atoms with Gasteiger partial charge >= 0.3 is 6.03 Å². The summed E-state index contributed by atoms with van der Waals surface area (Å²) in [7, 11) is 0. The molecule has 0 radical (unpaired) electrons. The molecule has 0 spiro atoms. The molecule has 6 nitrogen and oxygen atoms in total. The highest BCUT2D eigenvalue weighted by molar-refractivity contribution is 6.33. The zero-order valence-electron chi connectivity index (χ0n) is 9.56. The normalized spacial score (nSPS) is 14.6. The van der Waals surface area contributed by atoms with Crippen molar-refractivity contribution < 1.29 is 9.72 Å². The number of anilines is 1. The summed E-state index contributed by atoms with van der Waals surface area (Å²) in [6, 6.07) is 3.69. The van der Waals surface area contributed by atoms with Crippen molar-refractivity contribution in [3.05, 3.63) is 33.3 Å². The minimum absolute atomic E-state index is 0.101. The van der Waals surface area contributed by atoms with Crippen LogP contribution in [0.2, 0.25) is 5.02 Å². The van der Waals surface area contributed by atoms with Crippen LogP contribution >= 0.6 is 11.6 Å². The van der Waals surface area contributed by atoms with E-state index in [2.05, 4.69) is 5.32 Å². The van der Waals surface area contributed by atoms with Gasteiger partial charge in [0, 0.05) is 25.2 Å². The number of halogens is 1. The van der Waals surface area contributed by atoms with Gasteiger partial charge in [0.05, 0.1) is 15.6 Å². The molecule has 0 aromatic heterocycles. The van der Waals surface area contributed by atoms with Crippen LogP contribution in [-0.2, 0) is 0 Å². The van der Waals surface area contributed by atoms with E-state index in [0.29, 0.717) is 13.1 Å². The maximum atomic E-state index is 11.8. The van der Waals surface area contributed by atoms with Gasteiger partial charge < -0.3 is 10.2 Å². The molecule has 1 N–H and O–H groups in total. The largest absolute Gasteiger partial charge is 0.325 e. The van der Waals surface area contributed by atoms with Crippen LogP contribution in [0.4, 0.5) is 16.2 Å². The number of carbonyl (C=O) groups is 1. The molecule has 1 saturated heterocycles. The lowest BCUT2D eigenvalue weighted by Gasteiger charge is -2.16. The fraction of sp³-hybridized carbons (Fsp3) is 0.364. The van der Waals surface area contributed by atoms with Crippen molar-refractivity contribution in [3.8, 4) is 0 Å². The molecule has 1 aromatic rings. The number of amides is 2. The van der Waals surface area contributed by atoms with Crippen LogP contribution in [-0.4, -0.2) is 28.9 Å². The number of benzene rings is 1. The molecule has 1 aliphatic rings. The number of nitro benzene ring substituents is 1. The number of nitrogens with one attached hydrogen (secondary N) is 1. The van der Waals surface area contributed by atoms with Crippen LogP contribution in [0, 0.1) is 10.1 Å². The third-order valence-corrected chi connectivity index (χ3v) is 3.13. The standard InChI is InChI=1S/C11H12ClN3O3/c12-9-4-3-8(15(17)18)7-10(9)13-11(16)14-5-1-2-6-14/h3-4,7H,1-2,5-6H2,(H,13,16). The van der Waals surface area contributed by atoms with Crippen LogP contribution in [0.15, 0.2) is 18.2 Å². The minimum Gasteiger partial charge on any atom is -0.325 e. The topological polar surface area (TPSA) is 75.5 Å². The molecule has 7 heteroatoms. The number of nitro groups is 1. The minimum atomic E-state index is -0.526. The Balaban J connectivity index is 2.14. The highest BCUT2D eigenvalue weighted by Gasteiger charge is 2.19. The summed E-state index contributed by atoms with van der Waals surface area (Å²) >= 11 is 5.90. The third kappa shape index (κ3) is 2.70. The van der Waals surface area contributed by atoms with Gasteiger partial charge in [-0.3, -0.25) is 10.1 Å². The lowest BCUT2D eigenvalue weighted by Crippen LogP contribution is -2.32.